The lowest BCUT2D eigenvalue weighted by Gasteiger charge is -2.10. The van der Waals surface area contributed by atoms with E-state index in [1.807, 2.05) is 0 Å². The number of nitrogens with one attached hydrogen (secondary N) is 1. The molecule has 5 nitrogen and oxygen atoms in total. The van der Waals surface area contributed by atoms with E-state index in [2.05, 4.69) is 15.0 Å². The van der Waals surface area contributed by atoms with Crippen LogP contribution < -0.4 is 10.1 Å². The van der Waals surface area contributed by atoms with Gasteiger partial charge in [-0.05, 0) is 12.1 Å². The maximum atomic E-state index is 12.2. The molecule has 0 spiro atoms. The molecule has 0 saturated heterocycles. The van der Waals surface area contributed by atoms with Crippen LogP contribution in [0.25, 0.3) is 0 Å². The number of benzene rings is 1. The van der Waals surface area contributed by atoms with Crippen LogP contribution in [0, 0.1) is 0 Å². The van der Waals surface area contributed by atoms with Crippen molar-refractivity contribution in [1.82, 2.24) is 4.98 Å². The molecule has 2 N–H and O–H groups in total. The molecule has 2 rings (SSSR count). The summed E-state index contributed by atoms with van der Waals surface area (Å²) in [5, 5.41) is 13.1. The fourth-order valence-electron chi connectivity index (χ4n) is 1.31. The maximum absolute atomic E-state index is 12.2. The van der Waals surface area contributed by atoms with E-state index in [4.69, 9.17) is 5.11 Å². The van der Waals surface area contributed by atoms with E-state index in [0.717, 1.165) is 11.3 Å². The van der Waals surface area contributed by atoms with E-state index in [1.54, 1.807) is 12.1 Å². The topological polar surface area (TPSA) is 71.5 Å². The second kappa shape index (κ2) is 5.61. The molecule has 0 amide bonds. The van der Waals surface area contributed by atoms with Gasteiger partial charge in [0.2, 0.25) is 0 Å². The van der Waals surface area contributed by atoms with Crippen LogP contribution in [0.1, 0.15) is 10.5 Å². The van der Waals surface area contributed by atoms with Crippen LogP contribution >= 0.6 is 11.3 Å². The van der Waals surface area contributed by atoms with Crippen molar-refractivity contribution in [2.45, 2.75) is 6.61 Å². The largest absolute Gasteiger partial charge is 0.476 e. The maximum Gasteiger partial charge on any atom is 0.387 e. The quantitative estimate of drug-likeness (QED) is 0.883. The van der Waals surface area contributed by atoms with Gasteiger partial charge in [-0.3, -0.25) is 0 Å². The number of ether oxygens (including phenoxy) is 1. The van der Waals surface area contributed by atoms with E-state index in [9.17, 15) is 13.6 Å². The first kappa shape index (κ1) is 13.2. The fourth-order valence-corrected chi connectivity index (χ4v) is 2.01. The Kier molecular flexibility index (Phi) is 3.91. The highest BCUT2D eigenvalue weighted by Gasteiger charge is 2.12. The number of carboxylic acids is 1. The number of carboxylic acid groups (broad SMARTS) is 1. The van der Waals surface area contributed by atoms with Gasteiger partial charge >= 0.3 is 12.6 Å². The van der Waals surface area contributed by atoms with Gasteiger partial charge in [0.05, 0.1) is 5.69 Å². The molecular formula is C11H8F2N2O3S. The van der Waals surface area contributed by atoms with E-state index in [1.165, 1.54) is 17.5 Å². The molecular weight excluding hydrogens is 278 g/mol. The van der Waals surface area contributed by atoms with Gasteiger partial charge in [0, 0.05) is 5.38 Å². The smallest absolute Gasteiger partial charge is 0.387 e. The number of alkyl halides is 2. The van der Waals surface area contributed by atoms with Crippen LogP contribution in [-0.4, -0.2) is 22.7 Å². The van der Waals surface area contributed by atoms with Crippen molar-refractivity contribution >= 4 is 28.1 Å². The molecule has 0 fully saturated rings. The van der Waals surface area contributed by atoms with Crippen LogP contribution in [0.4, 0.5) is 19.6 Å². The number of halogens is 2. The minimum Gasteiger partial charge on any atom is -0.476 e. The van der Waals surface area contributed by atoms with Gasteiger partial charge in [-0.15, -0.1) is 11.3 Å². The lowest BCUT2D eigenvalue weighted by Crippen LogP contribution is -2.04. The second-order valence-corrected chi connectivity index (χ2v) is 4.20. The lowest BCUT2D eigenvalue weighted by molar-refractivity contribution is -0.0493. The van der Waals surface area contributed by atoms with Crippen molar-refractivity contribution in [2.24, 2.45) is 0 Å². The summed E-state index contributed by atoms with van der Waals surface area (Å²) in [5.41, 5.74) is 0.175. The minimum absolute atomic E-state index is 0.0374. The molecule has 0 aliphatic rings. The number of aromatic nitrogens is 1. The summed E-state index contributed by atoms with van der Waals surface area (Å²) in [6.07, 6.45) is 0. The fraction of sp³-hybridized carbons (Fsp3) is 0.0909. The SMILES string of the molecule is O=C(O)c1csc(Nc2ccccc2OC(F)F)n1. The van der Waals surface area contributed by atoms with Gasteiger partial charge in [-0.1, -0.05) is 12.1 Å². The predicted molar refractivity (Wildman–Crippen MR) is 65.4 cm³/mol. The molecule has 19 heavy (non-hydrogen) atoms. The molecule has 0 radical (unpaired) electrons. The average Bonchev–Trinajstić information content (AvgIpc) is 2.80. The van der Waals surface area contributed by atoms with Gasteiger partial charge in [0.1, 0.15) is 5.75 Å². The summed E-state index contributed by atoms with van der Waals surface area (Å²) >= 11 is 1.05. The van der Waals surface area contributed by atoms with Gasteiger partial charge in [-0.25, -0.2) is 9.78 Å². The Balaban J connectivity index is 2.20. The van der Waals surface area contributed by atoms with Crippen molar-refractivity contribution in [3.05, 3.63) is 35.3 Å². The molecule has 0 unspecified atom stereocenters. The first-order chi connectivity index (χ1) is 9.06. The molecule has 1 heterocycles. The van der Waals surface area contributed by atoms with Crippen molar-refractivity contribution in [2.75, 3.05) is 5.32 Å². The highest BCUT2D eigenvalue weighted by molar-refractivity contribution is 7.14. The summed E-state index contributed by atoms with van der Waals surface area (Å²) in [4.78, 5) is 14.5. The summed E-state index contributed by atoms with van der Waals surface area (Å²) in [7, 11) is 0. The van der Waals surface area contributed by atoms with Crippen molar-refractivity contribution in [1.29, 1.82) is 0 Å². The van der Waals surface area contributed by atoms with E-state index >= 15 is 0 Å². The van der Waals surface area contributed by atoms with Crippen LogP contribution in [0.2, 0.25) is 0 Å². The summed E-state index contributed by atoms with van der Waals surface area (Å²) in [6.45, 7) is -2.94. The number of anilines is 2. The highest BCUT2D eigenvalue weighted by Crippen LogP contribution is 2.29. The molecule has 0 aliphatic carbocycles. The minimum atomic E-state index is -2.94. The summed E-state index contributed by atoms with van der Waals surface area (Å²) in [5.74, 6) is -1.19. The normalized spacial score (nSPS) is 10.5. The third-order valence-electron chi connectivity index (χ3n) is 2.07. The Labute approximate surface area is 110 Å². The summed E-state index contributed by atoms with van der Waals surface area (Å²) < 4.78 is 28.8. The standard InChI is InChI=1S/C11H8F2N2O3S/c12-10(13)18-8-4-2-1-3-6(8)14-11-15-7(5-19-11)9(16)17/h1-5,10H,(H,14,15)(H,16,17). The molecule has 0 saturated carbocycles. The molecule has 0 aliphatic heterocycles. The van der Waals surface area contributed by atoms with Gasteiger partial charge < -0.3 is 15.2 Å². The molecule has 1 aromatic heterocycles. The van der Waals surface area contributed by atoms with Crippen LogP contribution in [0.5, 0.6) is 5.75 Å². The Hall–Kier alpha value is -2.22. The number of hydrogen-bond acceptors (Lipinski definition) is 5. The van der Waals surface area contributed by atoms with Crippen molar-refractivity contribution in [3.63, 3.8) is 0 Å². The highest BCUT2D eigenvalue weighted by atomic mass is 32.1. The van der Waals surface area contributed by atoms with Crippen molar-refractivity contribution in [3.8, 4) is 5.75 Å². The van der Waals surface area contributed by atoms with E-state index in [-0.39, 0.29) is 22.3 Å². The molecule has 2 aromatic rings. The third-order valence-corrected chi connectivity index (χ3v) is 2.83. The Bertz CT molecular complexity index is 589. The molecule has 100 valence electrons. The van der Waals surface area contributed by atoms with E-state index < -0.39 is 12.6 Å². The zero-order chi connectivity index (χ0) is 13.8. The van der Waals surface area contributed by atoms with Crippen molar-refractivity contribution < 1.29 is 23.4 Å². The third kappa shape index (κ3) is 3.38. The number of para-hydroxylation sites is 2. The summed E-state index contributed by atoms with van der Waals surface area (Å²) in [6, 6.07) is 6.08. The number of nitrogens with zero attached hydrogens (tertiary/aromatic N) is 1. The molecule has 0 bridgehead atoms. The Morgan fingerprint density at radius 3 is 2.79 bits per heavy atom. The molecule has 0 atom stereocenters. The van der Waals surface area contributed by atoms with Gasteiger partial charge in [-0.2, -0.15) is 8.78 Å². The number of carbonyl (C=O) groups is 1. The predicted octanol–water partition coefficient (Wildman–Crippen LogP) is 3.19. The van der Waals surface area contributed by atoms with Gasteiger partial charge in [0.25, 0.3) is 0 Å². The number of hydrogen-bond donors (Lipinski definition) is 2. The Morgan fingerprint density at radius 1 is 1.42 bits per heavy atom. The first-order valence-corrected chi connectivity index (χ1v) is 5.94. The Morgan fingerprint density at radius 2 is 2.16 bits per heavy atom. The van der Waals surface area contributed by atoms with Gasteiger partial charge in [0.15, 0.2) is 10.8 Å². The van der Waals surface area contributed by atoms with Crippen LogP contribution in [-0.2, 0) is 0 Å². The van der Waals surface area contributed by atoms with E-state index in [0.29, 0.717) is 0 Å². The lowest BCUT2D eigenvalue weighted by atomic mass is 10.3. The first-order valence-electron chi connectivity index (χ1n) is 5.06. The molecule has 1 aromatic carbocycles. The van der Waals surface area contributed by atoms with Crippen LogP contribution in [0.15, 0.2) is 29.6 Å². The van der Waals surface area contributed by atoms with Crippen LogP contribution in [0.3, 0.4) is 0 Å². The molecule has 8 heteroatoms. The zero-order valence-corrected chi connectivity index (χ0v) is 10.2. The number of thiazole rings is 1. The monoisotopic (exact) mass is 286 g/mol. The number of aromatic carboxylic acids is 1. The average molecular weight is 286 g/mol. The second-order valence-electron chi connectivity index (χ2n) is 3.34. The zero-order valence-electron chi connectivity index (χ0n) is 9.34. The number of rotatable bonds is 5.